The average molecular weight is 464 g/mol. The quantitative estimate of drug-likeness (QED) is 0.644. The molecule has 1 atom stereocenters. The molecule has 0 amide bonds. The van der Waals surface area contributed by atoms with Gasteiger partial charge in [-0.25, -0.2) is 16.8 Å². The molecular weight excluding hydrogens is 434 g/mol. The predicted octanol–water partition coefficient (Wildman–Crippen LogP) is 4.13. The molecule has 0 radical (unpaired) electrons. The van der Waals surface area contributed by atoms with Gasteiger partial charge in [0.25, 0.3) is 10.0 Å². The van der Waals surface area contributed by atoms with Gasteiger partial charge in [0.1, 0.15) is 5.75 Å². The number of sulfonamides is 1. The molecule has 2 aromatic carbocycles. The first-order chi connectivity index (χ1) is 14.8. The summed E-state index contributed by atoms with van der Waals surface area (Å²) < 4.78 is 58.1. The lowest BCUT2D eigenvalue weighted by Gasteiger charge is -2.30. The minimum absolute atomic E-state index is 0.000456. The maximum Gasteiger partial charge on any atom is 0.264 e. The number of sulfone groups is 1. The zero-order valence-corrected chi connectivity index (χ0v) is 19.4. The smallest absolute Gasteiger partial charge is 0.264 e. The van der Waals surface area contributed by atoms with Crippen molar-refractivity contribution >= 4 is 25.5 Å². The van der Waals surface area contributed by atoms with Crippen molar-refractivity contribution in [1.82, 2.24) is 0 Å². The van der Waals surface area contributed by atoms with Crippen molar-refractivity contribution < 1.29 is 21.6 Å². The molecule has 31 heavy (non-hydrogen) atoms. The van der Waals surface area contributed by atoms with Crippen LogP contribution in [-0.2, 0) is 19.9 Å². The molecule has 6 nitrogen and oxygen atoms in total. The number of methoxy groups -OCH3 is 1. The Hall–Kier alpha value is -2.06. The second kappa shape index (κ2) is 8.82. The molecule has 1 saturated carbocycles. The van der Waals surface area contributed by atoms with Crippen molar-refractivity contribution in [3.63, 3.8) is 0 Å². The Bertz CT molecular complexity index is 1100. The molecule has 2 fully saturated rings. The molecule has 4 rings (SSSR count). The van der Waals surface area contributed by atoms with Crippen molar-refractivity contribution in [2.24, 2.45) is 0 Å². The molecule has 1 heterocycles. The van der Waals surface area contributed by atoms with Crippen molar-refractivity contribution in [1.29, 1.82) is 0 Å². The zero-order valence-electron chi connectivity index (χ0n) is 17.7. The van der Waals surface area contributed by atoms with Gasteiger partial charge in [-0.05, 0) is 67.1 Å². The number of benzene rings is 2. The van der Waals surface area contributed by atoms with Crippen LogP contribution in [0.5, 0.6) is 5.75 Å². The first-order valence-electron chi connectivity index (χ1n) is 10.8. The third-order valence-corrected chi connectivity index (χ3v) is 10.0. The molecule has 0 bridgehead atoms. The van der Waals surface area contributed by atoms with Gasteiger partial charge in [0.2, 0.25) is 0 Å². The van der Waals surface area contributed by atoms with Gasteiger partial charge in [0, 0.05) is 0 Å². The largest absolute Gasteiger partial charge is 0.497 e. The minimum atomic E-state index is -3.93. The van der Waals surface area contributed by atoms with E-state index in [1.165, 1.54) is 29.1 Å². The summed E-state index contributed by atoms with van der Waals surface area (Å²) in [6.07, 6.45) is 6.27. The van der Waals surface area contributed by atoms with Gasteiger partial charge in [0.15, 0.2) is 9.84 Å². The van der Waals surface area contributed by atoms with Crippen LogP contribution in [0.1, 0.15) is 50.0 Å². The lowest BCUT2D eigenvalue weighted by Crippen LogP contribution is -2.41. The second-order valence-electron chi connectivity index (χ2n) is 8.46. The molecule has 2 aliphatic rings. The molecular formula is C23H29NO5S2. The first-order valence-corrected chi connectivity index (χ1v) is 14.1. The maximum absolute atomic E-state index is 13.7. The third-order valence-electron chi connectivity index (χ3n) is 6.38. The van der Waals surface area contributed by atoms with Crippen molar-refractivity contribution in [2.45, 2.75) is 55.4 Å². The molecule has 1 aliphatic heterocycles. The Labute approximate surface area is 185 Å². The molecule has 0 spiro atoms. The van der Waals surface area contributed by atoms with Gasteiger partial charge >= 0.3 is 0 Å². The van der Waals surface area contributed by atoms with Gasteiger partial charge in [-0.3, -0.25) is 4.31 Å². The zero-order chi connectivity index (χ0) is 22.1. The summed E-state index contributed by atoms with van der Waals surface area (Å²) >= 11 is 0. The highest BCUT2D eigenvalue weighted by Crippen LogP contribution is 2.35. The fourth-order valence-corrected chi connectivity index (χ4v) is 8.17. The van der Waals surface area contributed by atoms with E-state index in [1.807, 2.05) is 12.1 Å². The topological polar surface area (TPSA) is 80.8 Å². The third kappa shape index (κ3) is 4.75. The second-order valence-corrected chi connectivity index (χ2v) is 12.5. The summed E-state index contributed by atoms with van der Waals surface area (Å²) in [5.74, 6) is 0.930. The van der Waals surface area contributed by atoms with E-state index in [2.05, 4.69) is 0 Å². The van der Waals surface area contributed by atoms with E-state index in [9.17, 15) is 16.8 Å². The van der Waals surface area contributed by atoms with Crippen LogP contribution < -0.4 is 9.04 Å². The average Bonchev–Trinajstić information content (AvgIpc) is 3.14. The number of anilines is 1. The van der Waals surface area contributed by atoms with Gasteiger partial charge < -0.3 is 4.74 Å². The lowest BCUT2D eigenvalue weighted by molar-refractivity contribution is 0.415. The Balaban J connectivity index is 1.68. The fourth-order valence-electron chi connectivity index (χ4n) is 4.70. The molecule has 8 heteroatoms. The Morgan fingerprint density at radius 1 is 0.903 bits per heavy atom. The summed E-state index contributed by atoms with van der Waals surface area (Å²) in [6, 6.07) is 13.2. The summed E-state index contributed by atoms with van der Waals surface area (Å²) in [7, 11) is -5.64. The van der Waals surface area contributed by atoms with Gasteiger partial charge in [-0.2, -0.15) is 0 Å². The van der Waals surface area contributed by atoms with Crippen LogP contribution in [0.15, 0.2) is 53.4 Å². The van der Waals surface area contributed by atoms with E-state index in [1.54, 1.807) is 43.5 Å². The molecule has 2 aromatic rings. The van der Waals surface area contributed by atoms with E-state index in [-0.39, 0.29) is 22.8 Å². The summed E-state index contributed by atoms with van der Waals surface area (Å²) in [5, 5.41) is 0. The van der Waals surface area contributed by atoms with E-state index in [0.29, 0.717) is 17.4 Å². The van der Waals surface area contributed by atoms with Crippen LogP contribution >= 0.6 is 0 Å². The van der Waals surface area contributed by atoms with Gasteiger partial charge in [-0.15, -0.1) is 0 Å². The lowest BCUT2D eigenvalue weighted by atomic mass is 9.84. The summed E-state index contributed by atoms with van der Waals surface area (Å²) in [6.45, 7) is 0. The molecule has 1 saturated heterocycles. The van der Waals surface area contributed by atoms with E-state index < -0.39 is 25.9 Å². The van der Waals surface area contributed by atoms with Crippen LogP contribution in [-0.4, -0.2) is 41.5 Å². The number of ether oxygens (including phenoxy) is 1. The van der Waals surface area contributed by atoms with Crippen molar-refractivity contribution in [2.75, 3.05) is 22.9 Å². The normalized spacial score (nSPS) is 21.6. The van der Waals surface area contributed by atoms with Crippen LogP contribution in [0.4, 0.5) is 5.69 Å². The van der Waals surface area contributed by atoms with E-state index >= 15 is 0 Å². The van der Waals surface area contributed by atoms with Crippen LogP contribution in [0.2, 0.25) is 0 Å². The summed E-state index contributed by atoms with van der Waals surface area (Å²) in [4.78, 5) is 0.187. The number of nitrogens with zero attached hydrogens (tertiary/aromatic N) is 1. The van der Waals surface area contributed by atoms with E-state index in [0.717, 1.165) is 12.8 Å². The predicted molar refractivity (Wildman–Crippen MR) is 122 cm³/mol. The van der Waals surface area contributed by atoms with Crippen LogP contribution in [0.25, 0.3) is 0 Å². The van der Waals surface area contributed by atoms with Crippen molar-refractivity contribution in [3.05, 3.63) is 54.1 Å². The number of rotatable bonds is 6. The van der Waals surface area contributed by atoms with Crippen LogP contribution in [0, 0.1) is 0 Å². The highest BCUT2D eigenvalue weighted by molar-refractivity contribution is 7.93. The standard InChI is InChI=1S/C23H29NO5S2/c1-29-22-11-9-20(10-12-22)24(21-15-16-30(25,26)17-21)31(27,28)23-13-7-19(8-14-23)18-5-3-2-4-6-18/h7-14,18,21H,2-6,15-17H2,1H3/t21-/m0/s1. The Morgan fingerprint density at radius 2 is 1.55 bits per heavy atom. The maximum atomic E-state index is 13.7. The summed E-state index contributed by atoms with van der Waals surface area (Å²) in [5.41, 5.74) is 1.62. The van der Waals surface area contributed by atoms with Gasteiger partial charge in [0.05, 0.1) is 35.2 Å². The SMILES string of the molecule is COc1ccc(N([C@H]2CCS(=O)(=O)C2)S(=O)(=O)c2ccc(C3CCCCC3)cc2)cc1. The molecule has 168 valence electrons. The molecule has 0 unspecified atom stereocenters. The molecule has 1 aliphatic carbocycles. The first kappa shape index (κ1) is 22.1. The highest BCUT2D eigenvalue weighted by Gasteiger charge is 2.39. The van der Waals surface area contributed by atoms with Crippen LogP contribution in [0.3, 0.4) is 0 Å². The Kier molecular flexibility index (Phi) is 6.30. The van der Waals surface area contributed by atoms with Gasteiger partial charge in [-0.1, -0.05) is 31.4 Å². The highest BCUT2D eigenvalue weighted by atomic mass is 32.2. The van der Waals surface area contributed by atoms with Crippen molar-refractivity contribution in [3.8, 4) is 5.75 Å². The number of hydrogen-bond donors (Lipinski definition) is 0. The molecule has 0 aromatic heterocycles. The molecule has 0 N–H and O–H groups in total. The van der Waals surface area contributed by atoms with E-state index in [4.69, 9.17) is 4.74 Å². The fraction of sp³-hybridized carbons (Fsp3) is 0.478. The minimum Gasteiger partial charge on any atom is -0.497 e. The Morgan fingerprint density at radius 3 is 2.10 bits per heavy atom. The number of hydrogen-bond acceptors (Lipinski definition) is 5. The monoisotopic (exact) mass is 463 g/mol.